The van der Waals surface area contributed by atoms with Crippen LogP contribution in [0.4, 0.5) is 0 Å². The Morgan fingerprint density at radius 1 is 0.673 bits per heavy atom. The first-order valence-electron chi connectivity index (χ1n) is 19.0. The number of ether oxygens (including phenoxy) is 1. The fraction of sp³-hybridized carbons (Fsp3) is 0.595. The van der Waals surface area contributed by atoms with E-state index >= 15 is 0 Å². The molecule has 0 saturated heterocycles. The average molecular weight is 680 g/mol. The van der Waals surface area contributed by atoms with Gasteiger partial charge in [0.05, 0.1) is 0 Å². The number of hydrogen-bond donors (Lipinski definition) is 1. The van der Waals surface area contributed by atoms with Gasteiger partial charge in [-0.15, -0.1) is 0 Å². The van der Waals surface area contributed by atoms with Crippen LogP contribution in [-0.2, 0) is 24.1 Å². The second kappa shape index (κ2) is 34.6. The molecule has 0 aliphatic rings. The summed E-state index contributed by atoms with van der Waals surface area (Å²) < 4.78 is 5.88. The van der Waals surface area contributed by atoms with Crippen LogP contribution in [0.1, 0.15) is 115 Å². The Morgan fingerprint density at radius 3 is 1.69 bits per heavy atom. The molecule has 0 aliphatic carbocycles. The minimum absolute atomic E-state index is 0.250. The standard InChI is InChI=1S/C21H31N3O.C9H21N.C9H12.C2H6.CH3NO/c1-4-13-24(14-5-2)15-16-25-21-17-19(10-12-23-21)8-9-20-7-6-11-22-18(20)3;1-4-7-10(8-5-2)9-6-3;1-3-9-6-4-5-8(2)7-9;1-2;2-1-3/h6-7,10-12,17H,4-5,8-9,13-16H2,1-3H3;4-9H2,1-3H3;4-7H,3H2,1-2H3;1-2H3;1H,(H2,2,3). The lowest BCUT2D eigenvalue weighted by atomic mass is 10.0. The van der Waals surface area contributed by atoms with Crippen molar-refractivity contribution in [2.45, 2.75) is 121 Å². The lowest BCUT2D eigenvalue weighted by Gasteiger charge is -2.20. The third-order valence-corrected chi connectivity index (χ3v) is 7.45. The minimum Gasteiger partial charge on any atom is -0.476 e. The number of primary amides is 1. The van der Waals surface area contributed by atoms with E-state index < -0.39 is 0 Å². The second-order valence-electron chi connectivity index (χ2n) is 11.8. The molecule has 3 rings (SSSR count). The first kappa shape index (κ1) is 47.8. The first-order valence-corrected chi connectivity index (χ1v) is 19.0. The maximum Gasteiger partial charge on any atom is 0.213 e. The number of amides is 1. The molecule has 3 aromatic rings. The van der Waals surface area contributed by atoms with Gasteiger partial charge in [0.15, 0.2) is 0 Å². The molecule has 1 amide bonds. The molecule has 2 N–H and O–H groups in total. The number of carbonyl (C=O) groups excluding carboxylic acids is 1. The van der Waals surface area contributed by atoms with E-state index in [1.54, 1.807) is 0 Å². The number of pyridine rings is 2. The van der Waals surface area contributed by atoms with E-state index in [0.29, 0.717) is 6.61 Å². The molecule has 0 bridgehead atoms. The Morgan fingerprint density at radius 2 is 1.22 bits per heavy atom. The predicted molar refractivity (Wildman–Crippen MR) is 213 cm³/mol. The van der Waals surface area contributed by atoms with Crippen LogP contribution >= 0.6 is 0 Å². The molecular weight excluding hydrogens is 606 g/mol. The van der Waals surface area contributed by atoms with Gasteiger partial charge in [-0.25, -0.2) is 4.98 Å². The average Bonchev–Trinajstić information content (AvgIpc) is 3.10. The van der Waals surface area contributed by atoms with Crippen molar-refractivity contribution >= 4 is 6.41 Å². The normalized spacial score (nSPS) is 9.96. The Kier molecular flexibility index (Phi) is 33.7. The summed E-state index contributed by atoms with van der Waals surface area (Å²) in [5.41, 5.74) is 10.6. The molecule has 0 radical (unpaired) electrons. The molecule has 0 spiro atoms. The van der Waals surface area contributed by atoms with Crippen LogP contribution in [0.25, 0.3) is 0 Å². The molecule has 7 heteroatoms. The van der Waals surface area contributed by atoms with Gasteiger partial charge in [-0.1, -0.05) is 91.3 Å². The number of carbonyl (C=O) groups is 1. The maximum absolute atomic E-state index is 8.58. The zero-order valence-corrected chi connectivity index (χ0v) is 33.1. The highest BCUT2D eigenvalue weighted by Crippen LogP contribution is 2.14. The van der Waals surface area contributed by atoms with Crippen LogP contribution < -0.4 is 10.5 Å². The van der Waals surface area contributed by atoms with Gasteiger partial charge in [-0.3, -0.25) is 14.7 Å². The molecule has 0 unspecified atom stereocenters. The Labute approximate surface area is 302 Å². The number of aromatic nitrogens is 2. The van der Waals surface area contributed by atoms with Gasteiger partial charge in [0.2, 0.25) is 12.3 Å². The van der Waals surface area contributed by atoms with E-state index in [9.17, 15) is 0 Å². The van der Waals surface area contributed by atoms with E-state index in [2.05, 4.69) is 123 Å². The number of nitrogens with two attached hydrogens (primary N) is 1. The highest BCUT2D eigenvalue weighted by atomic mass is 16.5. The summed E-state index contributed by atoms with van der Waals surface area (Å²) in [6, 6.07) is 16.9. The summed E-state index contributed by atoms with van der Waals surface area (Å²) in [7, 11) is 0. The van der Waals surface area contributed by atoms with Gasteiger partial charge in [0.25, 0.3) is 0 Å². The van der Waals surface area contributed by atoms with Crippen molar-refractivity contribution in [1.82, 2.24) is 19.8 Å². The Balaban J connectivity index is 0. The highest BCUT2D eigenvalue weighted by molar-refractivity contribution is 5.42. The van der Waals surface area contributed by atoms with E-state index in [0.717, 1.165) is 50.5 Å². The number of benzene rings is 1. The van der Waals surface area contributed by atoms with Crippen molar-refractivity contribution in [2.24, 2.45) is 5.73 Å². The van der Waals surface area contributed by atoms with Crippen molar-refractivity contribution in [3.05, 3.63) is 88.9 Å². The van der Waals surface area contributed by atoms with Gasteiger partial charge in [0.1, 0.15) is 6.61 Å². The van der Waals surface area contributed by atoms with Crippen LogP contribution in [0.5, 0.6) is 5.88 Å². The molecule has 0 aliphatic heterocycles. The zero-order chi connectivity index (χ0) is 37.1. The zero-order valence-electron chi connectivity index (χ0n) is 33.1. The van der Waals surface area contributed by atoms with Crippen molar-refractivity contribution in [3.8, 4) is 5.88 Å². The summed E-state index contributed by atoms with van der Waals surface area (Å²) in [4.78, 5) is 22.3. The number of nitrogens with zero attached hydrogens (tertiary/aromatic N) is 4. The van der Waals surface area contributed by atoms with Gasteiger partial charge >= 0.3 is 0 Å². The smallest absolute Gasteiger partial charge is 0.213 e. The number of hydrogen-bond acceptors (Lipinski definition) is 6. The fourth-order valence-corrected chi connectivity index (χ4v) is 5.21. The van der Waals surface area contributed by atoms with Crippen LogP contribution in [0.15, 0.2) is 60.9 Å². The molecule has 2 heterocycles. The van der Waals surface area contributed by atoms with Crippen LogP contribution in [0, 0.1) is 13.8 Å². The van der Waals surface area contributed by atoms with E-state index in [1.807, 2.05) is 32.3 Å². The summed E-state index contributed by atoms with van der Waals surface area (Å²) in [6.45, 7) is 29.3. The quantitative estimate of drug-likeness (QED) is 0.135. The Bertz CT molecular complexity index is 1140. The fourth-order valence-electron chi connectivity index (χ4n) is 5.21. The lowest BCUT2D eigenvalue weighted by molar-refractivity contribution is -0.106. The summed E-state index contributed by atoms with van der Waals surface area (Å²) in [5.74, 6) is 0.730. The van der Waals surface area contributed by atoms with Gasteiger partial charge < -0.3 is 15.4 Å². The van der Waals surface area contributed by atoms with Gasteiger partial charge in [-0.2, -0.15) is 0 Å². The Hall–Kier alpha value is -3.29. The molecular formula is C42H73N5O2. The molecule has 7 nitrogen and oxygen atoms in total. The molecule has 0 saturated carbocycles. The second-order valence-corrected chi connectivity index (χ2v) is 11.8. The monoisotopic (exact) mass is 680 g/mol. The van der Waals surface area contributed by atoms with Crippen molar-refractivity contribution in [1.29, 1.82) is 0 Å². The summed E-state index contributed by atoms with van der Waals surface area (Å²) in [6.07, 6.45) is 13.3. The van der Waals surface area contributed by atoms with E-state index in [-0.39, 0.29) is 6.41 Å². The molecule has 278 valence electrons. The number of aryl methyl sites for hydroxylation is 5. The van der Waals surface area contributed by atoms with Crippen LogP contribution in [0.2, 0.25) is 0 Å². The van der Waals surface area contributed by atoms with Crippen LogP contribution in [-0.4, -0.2) is 72.1 Å². The third kappa shape index (κ3) is 26.3. The maximum atomic E-state index is 8.58. The lowest BCUT2D eigenvalue weighted by Crippen LogP contribution is -2.30. The topological polar surface area (TPSA) is 84.6 Å². The minimum atomic E-state index is 0.250. The van der Waals surface area contributed by atoms with Gasteiger partial charge in [0, 0.05) is 30.7 Å². The number of rotatable bonds is 18. The van der Waals surface area contributed by atoms with E-state index in [1.165, 1.54) is 74.0 Å². The van der Waals surface area contributed by atoms with Gasteiger partial charge in [-0.05, 0) is 127 Å². The first-order chi connectivity index (χ1) is 23.8. The largest absolute Gasteiger partial charge is 0.476 e. The van der Waals surface area contributed by atoms with Crippen molar-refractivity contribution in [3.63, 3.8) is 0 Å². The summed E-state index contributed by atoms with van der Waals surface area (Å²) >= 11 is 0. The highest BCUT2D eigenvalue weighted by Gasteiger charge is 2.05. The third-order valence-electron chi connectivity index (χ3n) is 7.45. The van der Waals surface area contributed by atoms with E-state index in [4.69, 9.17) is 9.53 Å². The van der Waals surface area contributed by atoms with Crippen LogP contribution in [0.3, 0.4) is 0 Å². The summed E-state index contributed by atoms with van der Waals surface area (Å²) in [5, 5.41) is 0. The molecule has 49 heavy (non-hydrogen) atoms. The molecule has 0 fully saturated rings. The molecule has 2 aromatic heterocycles. The van der Waals surface area contributed by atoms with Crippen molar-refractivity contribution < 1.29 is 9.53 Å². The predicted octanol–water partition coefficient (Wildman–Crippen LogP) is 9.27. The molecule has 0 atom stereocenters. The van der Waals surface area contributed by atoms with Crippen molar-refractivity contribution in [2.75, 3.05) is 45.9 Å². The SMILES string of the molecule is CC.CCCN(CCC)CCC.CCCN(CCC)CCOc1cc(CCc2cccnc2C)ccn1.CCc1cccc(C)c1.NC=O. The molecule has 1 aromatic carbocycles.